The molecular formula is C25H34N2O6. The van der Waals surface area contributed by atoms with E-state index in [1.807, 2.05) is 25.1 Å². The third kappa shape index (κ3) is 5.57. The number of furan rings is 1. The van der Waals surface area contributed by atoms with Gasteiger partial charge in [0, 0.05) is 42.7 Å². The van der Waals surface area contributed by atoms with Crippen molar-refractivity contribution in [3.8, 4) is 0 Å². The molecule has 2 heterocycles. The molecule has 1 N–H and O–H groups in total. The molecule has 1 saturated carbocycles. The van der Waals surface area contributed by atoms with E-state index in [1.165, 1.54) is 6.42 Å². The molecule has 1 amide bonds. The van der Waals surface area contributed by atoms with Crippen LogP contribution in [0, 0.1) is 0 Å². The first-order chi connectivity index (χ1) is 16.1. The highest BCUT2D eigenvalue weighted by Crippen LogP contribution is 2.34. The molecule has 4 rings (SSSR count). The summed E-state index contributed by atoms with van der Waals surface area (Å²) < 4.78 is 22.1. The SMILES string of the molecule is CCOCc1c(C(=O)OCC(=O)NCC2(N3CCOCC3)CCCCC2)oc2ccccc12. The number of nitrogens with zero attached hydrogens (tertiary/aromatic N) is 1. The van der Waals surface area contributed by atoms with Gasteiger partial charge < -0.3 is 23.9 Å². The van der Waals surface area contributed by atoms with Gasteiger partial charge in [0.05, 0.1) is 19.8 Å². The fraction of sp³-hybridized carbons (Fsp3) is 0.600. The van der Waals surface area contributed by atoms with Crippen LogP contribution in [0.3, 0.4) is 0 Å². The van der Waals surface area contributed by atoms with Gasteiger partial charge in [-0.2, -0.15) is 0 Å². The minimum atomic E-state index is -0.656. The highest BCUT2D eigenvalue weighted by molar-refractivity contribution is 5.96. The zero-order chi connectivity index (χ0) is 23.1. The van der Waals surface area contributed by atoms with E-state index in [2.05, 4.69) is 10.2 Å². The smallest absolute Gasteiger partial charge is 0.375 e. The van der Waals surface area contributed by atoms with Crippen molar-refractivity contribution >= 4 is 22.8 Å². The number of nitrogens with one attached hydrogen (secondary N) is 1. The summed E-state index contributed by atoms with van der Waals surface area (Å²) in [5.41, 5.74) is 1.20. The van der Waals surface area contributed by atoms with Crippen molar-refractivity contribution in [2.45, 2.75) is 51.2 Å². The van der Waals surface area contributed by atoms with Gasteiger partial charge >= 0.3 is 5.97 Å². The van der Waals surface area contributed by atoms with Crippen molar-refractivity contribution in [2.24, 2.45) is 0 Å². The second kappa shape index (κ2) is 11.1. The van der Waals surface area contributed by atoms with Gasteiger partial charge in [0.1, 0.15) is 5.58 Å². The Labute approximate surface area is 194 Å². The zero-order valence-corrected chi connectivity index (χ0v) is 19.4. The minimum absolute atomic E-state index is 0.0366. The van der Waals surface area contributed by atoms with Gasteiger partial charge in [-0.3, -0.25) is 9.69 Å². The molecule has 2 aliphatic rings. The summed E-state index contributed by atoms with van der Waals surface area (Å²) in [4.78, 5) is 27.8. The first kappa shape index (κ1) is 23.7. The second-order valence-electron chi connectivity index (χ2n) is 8.78. The monoisotopic (exact) mass is 458 g/mol. The molecule has 1 aromatic heterocycles. The lowest BCUT2D eigenvalue weighted by Gasteiger charge is -2.48. The Hall–Kier alpha value is -2.42. The summed E-state index contributed by atoms with van der Waals surface area (Å²) in [6.07, 6.45) is 5.69. The molecule has 0 unspecified atom stereocenters. The van der Waals surface area contributed by atoms with Crippen LogP contribution in [-0.2, 0) is 25.6 Å². The molecule has 1 aliphatic heterocycles. The molecule has 2 fully saturated rings. The fourth-order valence-electron chi connectivity index (χ4n) is 4.97. The van der Waals surface area contributed by atoms with Crippen molar-refractivity contribution in [1.29, 1.82) is 0 Å². The van der Waals surface area contributed by atoms with Crippen LogP contribution in [-0.4, -0.2) is 68.4 Å². The van der Waals surface area contributed by atoms with E-state index < -0.39 is 5.97 Å². The molecule has 8 nitrogen and oxygen atoms in total. The lowest BCUT2D eigenvalue weighted by atomic mass is 9.79. The van der Waals surface area contributed by atoms with Crippen LogP contribution in [0.2, 0.25) is 0 Å². The van der Waals surface area contributed by atoms with Gasteiger partial charge in [-0.05, 0) is 25.8 Å². The predicted molar refractivity (Wildman–Crippen MR) is 123 cm³/mol. The quantitative estimate of drug-likeness (QED) is 0.577. The summed E-state index contributed by atoms with van der Waals surface area (Å²) >= 11 is 0. The normalized spacial score (nSPS) is 18.8. The number of hydrogen-bond acceptors (Lipinski definition) is 7. The zero-order valence-electron chi connectivity index (χ0n) is 19.4. The maximum absolute atomic E-state index is 12.7. The number of carbonyl (C=O) groups is 2. The third-order valence-corrected chi connectivity index (χ3v) is 6.75. The minimum Gasteiger partial charge on any atom is -0.450 e. The van der Waals surface area contributed by atoms with Gasteiger partial charge in [0.25, 0.3) is 5.91 Å². The number of ether oxygens (including phenoxy) is 3. The number of hydrogen-bond donors (Lipinski definition) is 1. The van der Waals surface area contributed by atoms with E-state index in [-0.39, 0.29) is 30.4 Å². The van der Waals surface area contributed by atoms with Crippen LogP contribution in [0.4, 0.5) is 0 Å². The molecule has 1 saturated heterocycles. The van der Waals surface area contributed by atoms with Gasteiger partial charge in [-0.15, -0.1) is 0 Å². The molecule has 0 spiro atoms. The third-order valence-electron chi connectivity index (χ3n) is 6.75. The Balaban J connectivity index is 1.36. The molecule has 1 aliphatic carbocycles. The highest BCUT2D eigenvalue weighted by atomic mass is 16.5. The molecule has 180 valence electrons. The lowest BCUT2D eigenvalue weighted by Crippen LogP contribution is -2.59. The van der Waals surface area contributed by atoms with Crippen LogP contribution >= 0.6 is 0 Å². The molecule has 0 atom stereocenters. The van der Waals surface area contributed by atoms with Crippen molar-refractivity contribution < 1.29 is 28.2 Å². The Morgan fingerprint density at radius 1 is 1.12 bits per heavy atom. The van der Waals surface area contributed by atoms with Gasteiger partial charge in [-0.1, -0.05) is 37.5 Å². The molecule has 8 heteroatoms. The number of benzene rings is 1. The van der Waals surface area contributed by atoms with Gasteiger partial charge in [-0.25, -0.2) is 4.79 Å². The van der Waals surface area contributed by atoms with Gasteiger partial charge in [0.2, 0.25) is 5.76 Å². The molecule has 0 radical (unpaired) electrons. The summed E-state index contributed by atoms with van der Waals surface area (Å²) in [5.74, 6) is -0.866. The maximum atomic E-state index is 12.7. The molecule has 1 aromatic carbocycles. The number of amides is 1. The number of fused-ring (bicyclic) bond motifs is 1. The molecule has 0 bridgehead atoms. The van der Waals surface area contributed by atoms with Crippen molar-refractivity contribution in [3.05, 3.63) is 35.6 Å². The Morgan fingerprint density at radius 3 is 2.64 bits per heavy atom. The second-order valence-corrected chi connectivity index (χ2v) is 8.78. The van der Waals surface area contributed by atoms with Crippen molar-refractivity contribution in [1.82, 2.24) is 10.2 Å². The van der Waals surface area contributed by atoms with Gasteiger partial charge in [0.15, 0.2) is 6.61 Å². The summed E-state index contributed by atoms with van der Waals surface area (Å²) in [5, 5.41) is 3.83. The van der Waals surface area contributed by atoms with E-state index in [4.69, 9.17) is 18.6 Å². The van der Waals surface area contributed by atoms with Crippen LogP contribution in [0.25, 0.3) is 11.0 Å². The highest BCUT2D eigenvalue weighted by Gasteiger charge is 2.38. The van der Waals surface area contributed by atoms with Crippen LogP contribution in [0.5, 0.6) is 0 Å². The Morgan fingerprint density at radius 2 is 1.88 bits per heavy atom. The van der Waals surface area contributed by atoms with E-state index in [0.29, 0.717) is 24.3 Å². The van der Waals surface area contributed by atoms with E-state index in [1.54, 1.807) is 6.07 Å². The first-order valence-corrected chi connectivity index (χ1v) is 12.0. The number of carbonyl (C=O) groups excluding carboxylic acids is 2. The fourth-order valence-corrected chi connectivity index (χ4v) is 4.97. The van der Waals surface area contributed by atoms with Crippen LogP contribution in [0.15, 0.2) is 28.7 Å². The average molecular weight is 459 g/mol. The van der Waals surface area contributed by atoms with Crippen LogP contribution < -0.4 is 5.32 Å². The Bertz CT molecular complexity index is 944. The Kier molecular flexibility index (Phi) is 8.01. The van der Waals surface area contributed by atoms with Crippen molar-refractivity contribution in [2.75, 3.05) is 46.1 Å². The van der Waals surface area contributed by atoms with E-state index >= 15 is 0 Å². The maximum Gasteiger partial charge on any atom is 0.375 e. The van der Waals surface area contributed by atoms with Crippen LogP contribution in [0.1, 0.15) is 55.1 Å². The molecular weight excluding hydrogens is 424 g/mol. The van der Waals surface area contributed by atoms with Crippen molar-refractivity contribution in [3.63, 3.8) is 0 Å². The molecule has 33 heavy (non-hydrogen) atoms. The lowest BCUT2D eigenvalue weighted by molar-refractivity contribution is -0.125. The predicted octanol–water partition coefficient (Wildman–Crippen LogP) is 3.28. The first-order valence-electron chi connectivity index (χ1n) is 12.0. The molecule has 2 aromatic rings. The summed E-state index contributed by atoms with van der Waals surface area (Å²) in [7, 11) is 0. The number of para-hydroxylation sites is 1. The van der Waals surface area contributed by atoms with E-state index in [9.17, 15) is 9.59 Å². The number of esters is 1. The number of morpholine rings is 1. The average Bonchev–Trinajstić information content (AvgIpc) is 3.24. The number of rotatable bonds is 9. The topological polar surface area (TPSA) is 90.2 Å². The summed E-state index contributed by atoms with van der Waals surface area (Å²) in [6.45, 7) is 6.10. The standard InChI is InChI=1S/C25H34N2O6/c1-2-30-16-20-19-8-4-5-9-21(19)33-23(20)24(29)32-17-22(28)26-18-25(10-6-3-7-11-25)27-12-14-31-15-13-27/h4-5,8-9H,2-3,6-7,10-18H2,1H3,(H,26,28). The largest absolute Gasteiger partial charge is 0.450 e. The summed E-state index contributed by atoms with van der Waals surface area (Å²) in [6, 6.07) is 7.40. The van der Waals surface area contributed by atoms with E-state index in [0.717, 1.165) is 57.4 Å².